The van der Waals surface area contributed by atoms with Gasteiger partial charge in [0.05, 0.1) is 5.75 Å². The number of carbonyl (C=O) groups excluding carboxylic acids is 1. The van der Waals surface area contributed by atoms with Crippen LogP contribution in [0.1, 0.15) is 51.2 Å². The molecular formula is C19H30N2O4S. The summed E-state index contributed by atoms with van der Waals surface area (Å²) in [5, 5.41) is 0. The minimum atomic E-state index is -3.46. The number of aryl methyl sites for hydroxylation is 1. The highest BCUT2D eigenvalue weighted by molar-refractivity contribution is 7.88. The largest absolute Gasteiger partial charge is 0.444 e. The highest BCUT2D eigenvalue weighted by Crippen LogP contribution is 2.20. The molecule has 1 heterocycles. The van der Waals surface area contributed by atoms with Gasteiger partial charge in [-0.2, -0.15) is 0 Å². The molecule has 1 aromatic rings. The molecule has 0 aliphatic carbocycles. The van der Waals surface area contributed by atoms with Crippen molar-refractivity contribution in [3.63, 3.8) is 0 Å². The van der Waals surface area contributed by atoms with Crippen molar-refractivity contribution in [2.24, 2.45) is 0 Å². The normalized spacial score (nSPS) is 18.6. The van der Waals surface area contributed by atoms with E-state index in [1.807, 2.05) is 52.0 Å². The number of benzene rings is 1. The van der Waals surface area contributed by atoms with Gasteiger partial charge in [-0.15, -0.1) is 0 Å². The van der Waals surface area contributed by atoms with Gasteiger partial charge in [0.25, 0.3) is 0 Å². The maximum absolute atomic E-state index is 12.4. The monoisotopic (exact) mass is 382 g/mol. The Morgan fingerprint density at radius 2 is 1.88 bits per heavy atom. The summed E-state index contributed by atoms with van der Waals surface area (Å²) in [5.41, 5.74) is 1.27. The van der Waals surface area contributed by atoms with Crippen LogP contribution in [0.3, 0.4) is 0 Å². The Bertz CT molecular complexity index is 708. The van der Waals surface area contributed by atoms with Crippen molar-refractivity contribution < 1.29 is 17.9 Å². The molecule has 6 nitrogen and oxygen atoms in total. The van der Waals surface area contributed by atoms with E-state index in [2.05, 4.69) is 4.72 Å². The summed E-state index contributed by atoms with van der Waals surface area (Å²) >= 11 is 0. The molecule has 1 atom stereocenters. The molecule has 0 spiro atoms. The summed E-state index contributed by atoms with van der Waals surface area (Å²) in [6.45, 7) is 8.26. The zero-order valence-corrected chi connectivity index (χ0v) is 16.9. The van der Waals surface area contributed by atoms with Crippen LogP contribution in [0, 0.1) is 6.92 Å². The number of ether oxygens (including phenoxy) is 1. The molecule has 1 amide bonds. The molecule has 2 rings (SSSR count). The van der Waals surface area contributed by atoms with Gasteiger partial charge in [0.2, 0.25) is 10.0 Å². The molecule has 1 fully saturated rings. The smallest absolute Gasteiger partial charge is 0.410 e. The topological polar surface area (TPSA) is 75.7 Å². The summed E-state index contributed by atoms with van der Waals surface area (Å²) < 4.78 is 32.9. The second-order valence-electron chi connectivity index (χ2n) is 7.92. The van der Waals surface area contributed by atoms with Crippen molar-refractivity contribution in [2.45, 2.75) is 64.4 Å². The Kier molecular flexibility index (Phi) is 6.69. The van der Waals surface area contributed by atoms with Crippen LogP contribution in [0.25, 0.3) is 0 Å². The SMILES string of the molecule is Cc1ccc(CS(=O)(=O)NC[C@H]2CCCCN2C(=O)OC(C)(C)C)cc1. The fourth-order valence-electron chi connectivity index (χ4n) is 2.95. The lowest BCUT2D eigenvalue weighted by atomic mass is 10.0. The predicted octanol–water partition coefficient (Wildman–Crippen LogP) is 3.20. The molecule has 1 saturated heterocycles. The van der Waals surface area contributed by atoms with E-state index >= 15 is 0 Å². The third-order valence-electron chi connectivity index (χ3n) is 4.27. The Labute approximate surface area is 157 Å². The molecule has 146 valence electrons. The summed E-state index contributed by atoms with van der Waals surface area (Å²) in [6, 6.07) is 7.27. The Hall–Kier alpha value is -1.60. The third-order valence-corrected chi connectivity index (χ3v) is 5.59. The average molecular weight is 383 g/mol. The third kappa shape index (κ3) is 6.61. The second-order valence-corrected chi connectivity index (χ2v) is 9.72. The van der Waals surface area contributed by atoms with Crippen molar-refractivity contribution in [3.05, 3.63) is 35.4 Å². The van der Waals surface area contributed by atoms with E-state index in [-0.39, 0.29) is 24.4 Å². The van der Waals surface area contributed by atoms with Crippen LogP contribution in [0.15, 0.2) is 24.3 Å². The molecule has 0 radical (unpaired) electrons. The second kappa shape index (κ2) is 8.39. The van der Waals surface area contributed by atoms with E-state index in [1.165, 1.54) is 0 Å². The maximum atomic E-state index is 12.4. The predicted molar refractivity (Wildman–Crippen MR) is 102 cm³/mol. The van der Waals surface area contributed by atoms with Crippen molar-refractivity contribution in [1.29, 1.82) is 0 Å². The van der Waals surface area contributed by atoms with Gasteiger partial charge in [0.15, 0.2) is 0 Å². The summed E-state index contributed by atoms with van der Waals surface area (Å²) in [7, 11) is -3.46. The van der Waals surface area contributed by atoms with E-state index in [0.29, 0.717) is 6.54 Å². The molecular weight excluding hydrogens is 352 g/mol. The molecule has 0 aromatic heterocycles. The van der Waals surface area contributed by atoms with Gasteiger partial charge in [-0.25, -0.2) is 17.9 Å². The van der Waals surface area contributed by atoms with Crippen LogP contribution < -0.4 is 4.72 Å². The van der Waals surface area contributed by atoms with E-state index in [1.54, 1.807) is 4.90 Å². The first kappa shape index (κ1) is 20.7. The molecule has 7 heteroatoms. The van der Waals surface area contributed by atoms with Crippen LogP contribution in [-0.4, -0.2) is 44.1 Å². The van der Waals surface area contributed by atoms with Gasteiger partial charge < -0.3 is 9.64 Å². The lowest BCUT2D eigenvalue weighted by Gasteiger charge is -2.36. The van der Waals surface area contributed by atoms with E-state index in [4.69, 9.17) is 4.74 Å². The van der Waals surface area contributed by atoms with Crippen LogP contribution in [0.2, 0.25) is 0 Å². The molecule has 1 N–H and O–H groups in total. The first-order chi connectivity index (χ1) is 12.1. The minimum absolute atomic E-state index is 0.0631. The van der Waals surface area contributed by atoms with Gasteiger partial charge >= 0.3 is 6.09 Å². The molecule has 1 aliphatic heterocycles. The molecule has 0 unspecified atom stereocenters. The lowest BCUT2D eigenvalue weighted by Crippen LogP contribution is -2.50. The van der Waals surface area contributed by atoms with Crippen LogP contribution in [0.5, 0.6) is 0 Å². The molecule has 1 aliphatic rings. The summed E-state index contributed by atoms with van der Waals surface area (Å²) in [6.07, 6.45) is 2.28. The Balaban J connectivity index is 1.96. The quantitative estimate of drug-likeness (QED) is 0.848. The number of rotatable bonds is 5. The maximum Gasteiger partial charge on any atom is 0.410 e. The average Bonchev–Trinajstić information content (AvgIpc) is 2.54. The Morgan fingerprint density at radius 1 is 1.23 bits per heavy atom. The fourth-order valence-corrected chi connectivity index (χ4v) is 4.13. The highest BCUT2D eigenvalue weighted by atomic mass is 32.2. The van der Waals surface area contributed by atoms with Crippen molar-refractivity contribution >= 4 is 16.1 Å². The Morgan fingerprint density at radius 3 is 2.50 bits per heavy atom. The molecule has 1 aromatic carbocycles. The van der Waals surface area contributed by atoms with Crippen LogP contribution in [-0.2, 0) is 20.5 Å². The number of carbonyl (C=O) groups is 1. The minimum Gasteiger partial charge on any atom is -0.444 e. The first-order valence-electron chi connectivity index (χ1n) is 9.08. The highest BCUT2D eigenvalue weighted by Gasteiger charge is 2.31. The summed E-state index contributed by atoms with van der Waals surface area (Å²) in [4.78, 5) is 14.1. The van der Waals surface area contributed by atoms with E-state index in [9.17, 15) is 13.2 Å². The fraction of sp³-hybridized carbons (Fsp3) is 0.632. The molecule has 26 heavy (non-hydrogen) atoms. The number of likely N-dealkylation sites (tertiary alicyclic amines) is 1. The number of hydrogen-bond donors (Lipinski definition) is 1. The number of amides is 1. The first-order valence-corrected chi connectivity index (χ1v) is 10.7. The number of nitrogens with zero attached hydrogens (tertiary/aromatic N) is 1. The van der Waals surface area contributed by atoms with Crippen molar-refractivity contribution in [2.75, 3.05) is 13.1 Å². The van der Waals surface area contributed by atoms with Crippen LogP contribution >= 0.6 is 0 Å². The van der Waals surface area contributed by atoms with E-state index < -0.39 is 15.6 Å². The van der Waals surface area contributed by atoms with E-state index in [0.717, 1.165) is 30.4 Å². The van der Waals surface area contributed by atoms with Gasteiger partial charge in [-0.1, -0.05) is 29.8 Å². The molecule has 0 saturated carbocycles. The number of nitrogens with one attached hydrogen (secondary N) is 1. The lowest BCUT2D eigenvalue weighted by molar-refractivity contribution is 0.0105. The zero-order valence-electron chi connectivity index (χ0n) is 16.1. The van der Waals surface area contributed by atoms with Crippen LogP contribution in [0.4, 0.5) is 4.79 Å². The molecule has 0 bridgehead atoms. The van der Waals surface area contributed by atoms with Gasteiger partial charge in [0, 0.05) is 19.1 Å². The van der Waals surface area contributed by atoms with Gasteiger partial charge in [-0.3, -0.25) is 0 Å². The standard InChI is InChI=1S/C19H30N2O4S/c1-15-8-10-16(11-9-15)14-26(23,24)20-13-17-7-5-6-12-21(17)18(22)25-19(2,3)4/h8-11,17,20H,5-7,12-14H2,1-4H3/t17-/m1/s1. The number of piperidine rings is 1. The summed E-state index contributed by atoms with van der Waals surface area (Å²) in [5.74, 6) is -0.0631. The van der Waals surface area contributed by atoms with Crippen molar-refractivity contribution in [1.82, 2.24) is 9.62 Å². The van der Waals surface area contributed by atoms with Gasteiger partial charge in [-0.05, 0) is 52.5 Å². The van der Waals surface area contributed by atoms with Gasteiger partial charge in [0.1, 0.15) is 5.60 Å². The number of sulfonamides is 1. The van der Waals surface area contributed by atoms with Crippen molar-refractivity contribution in [3.8, 4) is 0 Å². The number of hydrogen-bond acceptors (Lipinski definition) is 4. The zero-order chi connectivity index (χ0) is 19.4.